The van der Waals surface area contributed by atoms with Gasteiger partial charge in [-0.05, 0) is 36.8 Å². The van der Waals surface area contributed by atoms with Crippen LogP contribution < -0.4 is 10.2 Å². The summed E-state index contributed by atoms with van der Waals surface area (Å²) in [6, 6.07) is 5.64. The van der Waals surface area contributed by atoms with Gasteiger partial charge in [-0.2, -0.15) is 0 Å². The molecule has 0 radical (unpaired) electrons. The number of methoxy groups -OCH3 is 1. The highest BCUT2D eigenvalue weighted by atomic mass is 32.1. The van der Waals surface area contributed by atoms with Crippen LogP contribution in [-0.4, -0.2) is 50.3 Å². The average molecular weight is 366 g/mol. The zero-order valence-corrected chi connectivity index (χ0v) is 15.9. The fourth-order valence-electron chi connectivity index (χ4n) is 2.95. The topological polar surface area (TPSA) is 46.0 Å². The number of allylic oxidation sites excluding steroid dienone is 1. The minimum atomic E-state index is -0.522. The third kappa shape index (κ3) is 4.55. The number of hydrogen-bond donors (Lipinski definition) is 2. The molecule has 0 spiro atoms. The molecule has 0 saturated carbocycles. The number of carbonyl (C=O) groups excluding carboxylic acids is 1. The lowest BCUT2D eigenvalue weighted by molar-refractivity contribution is -0.858. The quantitative estimate of drug-likeness (QED) is 0.582. The fourth-order valence-corrected chi connectivity index (χ4v) is 3.30. The Hall–Kier alpha value is -1.99. The molecule has 1 aromatic rings. The number of quaternary nitrogens is 1. The molecule has 0 amide bonds. The number of halogens is 1. The lowest BCUT2D eigenvalue weighted by Gasteiger charge is -2.37. The van der Waals surface area contributed by atoms with Gasteiger partial charge in [0.15, 0.2) is 5.11 Å². The van der Waals surface area contributed by atoms with Crippen LogP contribution in [-0.2, 0) is 9.53 Å². The summed E-state index contributed by atoms with van der Waals surface area (Å²) in [6.07, 6.45) is 0.931. The summed E-state index contributed by atoms with van der Waals surface area (Å²) in [5.41, 5.74) is 1.84. The Balaban J connectivity index is 2.37. The zero-order valence-electron chi connectivity index (χ0n) is 15.1. The van der Waals surface area contributed by atoms with E-state index in [4.69, 9.17) is 17.0 Å². The highest BCUT2D eigenvalue weighted by Crippen LogP contribution is 2.31. The van der Waals surface area contributed by atoms with E-state index in [1.807, 2.05) is 11.8 Å². The van der Waals surface area contributed by atoms with E-state index >= 15 is 0 Å². The molecule has 1 aromatic carbocycles. The maximum absolute atomic E-state index is 13.6. The number of nitrogens with one attached hydrogen (secondary N) is 2. The summed E-state index contributed by atoms with van der Waals surface area (Å²) in [4.78, 5) is 15.7. The first-order chi connectivity index (χ1) is 11.8. The number of benzene rings is 1. The van der Waals surface area contributed by atoms with Crippen molar-refractivity contribution < 1.29 is 18.8 Å². The molecule has 0 aliphatic carbocycles. The van der Waals surface area contributed by atoms with E-state index in [0.717, 1.165) is 18.7 Å². The minimum absolute atomic E-state index is 0.358. The van der Waals surface area contributed by atoms with Crippen molar-refractivity contribution in [3.05, 3.63) is 46.9 Å². The van der Waals surface area contributed by atoms with Crippen LogP contribution in [0.2, 0.25) is 0 Å². The molecule has 1 aliphatic heterocycles. The van der Waals surface area contributed by atoms with Gasteiger partial charge in [0.05, 0.1) is 39.4 Å². The van der Waals surface area contributed by atoms with Gasteiger partial charge < -0.3 is 19.9 Å². The van der Waals surface area contributed by atoms with Gasteiger partial charge in [0.25, 0.3) is 0 Å². The number of carbonyl (C=O) groups is 1. The molecule has 0 fully saturated rings. The normalized spacial score (nSPS) is 17.8. The van der Waals surface area contributed by atoms with Gasteiger partial charge in [0.2, 0.25) is 0 Å². The van der Waals surface area contributed by atoms with Crippen molar-refractivity contribution in [1.82, 2.24) is 10.2 Å². The second-order valence-electron chi connectivity index (χ2n) is 6.39. The standard InChI is InChI=1S/C18H24FN3O2S/c1-12-15(17(23)24-4)16(13-7-5-8-14(19)11-13)20-18(25)22(12)10-6-9-21(2)3/h5,7-8,11,16H,6,9-10H2,1-4H3,(H,20,25)/p+1/t16-/m0/s1. The summed E-state index contributed by atoms with van der Waals surface area (Å²) >= 11 is 5.50. The monoisotopic (exact) mass is 366 g/mol. The number of esters is 1. The van der Waals surface area contributed by atoms with Gasteiger partial charge in [0, 0.05) is 18.7 Å². The van der Waals surface area contributed by atoms with Crippen molar-refractivity contribution in [1.29, 1.82) is 0 Å². The molecular formula is C18H25FN3O2S+. The molecule has 2 N–H and O–H groups in total. The molecule has 2 rings (SSSR count). The molecule has 0 aromatic heterocycles. The van der Waals surface area contributed by atoms with Gasteiger partial charge >= 0.3 is 5.97 Å². The van der Waals surface area contributed by atoms with E-state index in [2.05, 4.69) is 19.4 Å². The van der Waals surface area contributed by atoms with Gasteiger partial charge in [-0.15, -0.1) is 0 Å². The van der Waals surface area contributed by atoms with Crippen LogP contribution in [0.15, 0.2) is 35.5 Å². The molecule has 5 nitrogen and oxygen atoms in total. The molecule has 25 heavy (non-hydrogen) atoms. The Kier molecular flexibility index (Phi) is 6.50. The lowest BCUT2D eigenvalue weighted by atomic mass is 9.95. The number of nitrogens with zero attached hydrogens (tertiary/aromatic N) is 1. The number of thiocarbonyl (C=S) groups is 1. The van der Waals surface area contributed by atoms with Crippen LogP contribution in [0.25, 0.3) is 0 Å². The van der Waals surface area contributed by atoms with E-state index < -0.39 is 12.0 Å². The first-order valence-electron chi connectivity index (χ1n) is 8.26. The SMILES string of the molecule is COC(=O)C1=C(C)N(CCC[NH+](C)C)C(=S)N[C@H]1c1cccc(F)c1. The van der Waals surface area contributed by atoms with Gasteiger partial charge in [0.1, 0.15) is 5.82 Å². The zero-order chi connectivity index (χ0) is 18.6. The Morgan fingerprint density at radius 1 is 1.44 bits per heavy atom. The largest absolute Gasteiger partial charge is 0.466 e. The van der Waals surface area contributed by atoms with Crippen molar-refractivity contribution in [2.75, 3.05) is 34.3 Å². The van der Waals surface area contributed by atoms with E-state index in [9.17, 15) is 9.18 Å². The van der Waals surface area contributed by atoms with Crippen LogP contribution in [0.5, 0.6) is 0 Å². The van der Waals surface area contributed by atoms with Crippen LogP contribution in [0, 0.1) is 5.82 Å². The van der Waals surface area contributed by atoms with Gasteiger partial charge in [-0.3, -0.25) is 0 Å². The van der Waals surface area contributed by atoms with E-state index in [-0.39, 0.29) is 5.82 Å². The lowest BCUT2D eigenvalue weighted by Crippen LogP contribution is -3.05. The molecular weight excluding hydrogens is 341 g/mol. The summed E-state index contributed by atoms with van der Waals surface area (Å²) in [6.45, 7) is 3.56. The molecule has 1 atom stereocenters. The van der Waals surface area contributed by atoms with Crippen LogP contribution in [0.4, 0.5) is 4.39 Å². The molecule has 1 aliphatic rings. The summed E-state index contributed by atoms with van der Waals surface area (Å²) in [7, 11) is 5.53. The van der Waals surface area contributed by atoms with Gasteiger partial charge in [-0.25, -0.2) is 9.18 Å². The Morgan fingerprint density at radius 2 is 2.16 bits per heavy atom. The molecule has 0 saturated heterocycles. The summed E-state index contributed by atoms with van der Waals surface area (Å²) in [5.74, 6) is -0.798. The number of rotatable bonds is 6. The van der Waals surface area contributed by atoms with E-state index in [1.165, 1.54) is 24.1 Å². The molecule has 1 heterocycles. The fraction of sp³-hybridized carbons (Fsp3) is 0.444. The molecule has 0 unspecified atom stereocenters. The van der Waals surface area contributed by atoms with Crippen LogP contribution >= 0.6 is 12.2 Å². The maximum Gasteiger partial charge on any atom is 0.337 e. The predicted octanol–water partition coefficient (Wildman–Crippen LogP) is 1.04. The van der Waals surface area contributed by atoms with Crippen molar-refractivity contribution in [2.24, 2.45) is 0 Å². The predicted molar refractivity (Wildman–Crippen MR) is 98.6 cm³/mol. The third-order valence-electron chi connectivity index (χ3n) is 4.24. The van der Waals surface area contributed by atoms with Crippen molar-refractivity contribution in [3.63, 3.8) is 0 Å². The highest BCUT2D eigenvalue weighted by molar-refractivity contribution is 7.80. The van der Waals surface area contributed by atoms with Crippen molar-refractivity contribution >= 4 is 23.3 Å². The van der Waals surface area contributed by atoms with Crippen molar-refractivity contribution in [2.45, 2.75) is 19.4 Å². The molecule has 7 heteroatoms. The highest BCUT2D eigenvalue weighted by Gasteiger charge is 2.34. The summed E-state index contributed by atoms with van der Waals surface area (Å²) in [5, 5.41) is 3.70. The molecule has 0 bridgehead atoms. The first-order valence-corrected chi connectivity index (χ1v) is 8.67. The Labute approximate surface area is 153 Å². The minimum Gasteiger partial charge on any atom is -0.466 e. The van der Waals surface area contributed by atoms with Gasteiger partial charge in [-0.1, -0.05) is 12.1 Å². The third-order valence-corrected chi connectivity index (χ3v) is 4.58. The Morgan fingerprint density at radius 3 is 2.76 bits per heavy atom. The second kappa shape index (κ2) is 8.40. The average Bonchev–Trinajstić information content (AvgIpc) is 2.56. The van der Waals surface area contributed by atoms with E-state index in [1.54, 1.807) is 12.1 Å². The van der Waals surface area contributed by atoms with Crippen molar-refractivity contribution in [3.8, 4) is 0 Å². The summed E-state index contributed by atoms with van der Waals surface area (Å²) < 4.78 is 18.6. The molecule has 136 valence electrons. The smallest absolute Gasteiger partial charge is 0.337 e. The van der Waals surface area contributed by atoms with E-state index in [0.29, 0.717) is 22.8 Å². The van der Waals surface area contributed by atoms with Crippen LogP contribution in [0.3, 0.4) is 0 Å². The Bertz CT molecular complexity index is 691. The number of hydrogen-bond acceptors (Lipinski definition) is 3. The maximum atomic E-state index is 13.6. The first kappa shape index (κ1) is 19.3. The number of ether oxygens (including phenoxy) is 1. The second-order valence-corrected chi connectivity index (χ2v) is 6.78. The van der Waals surface area contributed by atoms with Crippen LogP contribution in [0.1, 0.15) is 24.9 Å².